The topological polar surface area (TPSA) is 80.8 Å². The van der Waals surface area contributed by atoms with Gasteiger partial charge in [-0.15, -0.1) is 11.3 Å². The molecule has 1 aliphatic rings. The minimum Gasteiger partial charge on any atom is -0.482 e. The Morgan fingerprint density at radius 3 is 2.97 bits per heavy atom. The lowest BCUT2D eigenvalue weighted by Crippen LogP contribution is -2.43. The number of fused-ring (bicyclic) bond motifs is 1. The molecule has 2 heterocycles. The predicted molar refractivity (Wildman–Crippen MR) is 124 cm³/mol. The van der Waals surface area contributed by atoms with Crippen LogP contribution in [0.15, 0.2) is 52.3 Å². The quantitative estimate of drug-likeness (QED) is 0.526. The number of nitrogens with one attached hydrogen (secondary N) is 1. The molecule has 0 radical (unpaired) electrons. The van der Waals surface area contributed by atoms with E-state index in [1.54, 1.807) is 24.5 Å². The van der Waals surface area contributed by atoms with E-state index in [9.17, 15) is 9.59 Å². The Kier molecular flexibility index (Phi) is 6.64. The fourth-order valence-electron chi connectivity index (χ4n) is 3.18. The van der Waals surface area contributed by atoms with Gasteiger partial charge in [0.2, 0.25) is 5.91 Å². The molecule has 1 aromatic heterocycles. The first kappa shape index (κ1) is 21.5. The summed E-state index contributed by atoms with van der Waals surface area (Å²) in [6.07, 6.45) is 0.745. The molecular formula is C22H20BrN3O4S. The van der Waals surface area contributed by atoms with Gasteiger partial charge in [-0.1, -0.05) is 12.1 Å². The molecule has 3 aromatic rings. The van der Waals surface area contributed by atoms with Crippen LogP contribution >= 0.6 is 27.3 Å². The first-order valence-electron chi connectivity index (χ1n) is 9.60. The monoisotopic (exact) mass is 501 g/mol. The highest BCUT2D eigenvalue weighted by molar-refractivity contribution is 9.10. The van der Waals surface area contributed by atoms with E-state index in [1.165, 1.54) is 4.90 Å². The second-order valence-electron chi connectivity index (χ2n) is 6.85. The van der Waals surface area contributed by atoms with Crippen LogP contribution in [-0.2, 0) is 20.7 Å². The first-order chi connectivity index (χ1) is 15.0. The van der Waals surface area contributed by atoms with Gasteiger partial charge in [0.05, 0.1) is 28.7 Å². The summed E-state index contributed by atoms with van der Waals surface area (Å²) in [4.78, 5) is 31.3. The summed E-state index contributed by atoms with van der Waals surface area (Å²) in [6.45, 7) is 0.391. The average Bonchev–Trinajstić information content (AvgIpc) is 3.24. The lowest BCUT2D eigenvalue weighted by atomic mass is 10.1. The average molecular weight is 502 g/mol. The summed E-state index contributed by atoms with van der Waals surface area (Å²) < 4.78 is 11.5. The molecule has 4 rings (SSSR count). The third kappa shape index (κ3) is 4.95. The minimum atomic E-state index is -0.297. The maximum atomic E-state index is 12.7. The number of halogens is 1. The van der Waals surface area contributed by atoms with Crippen LogP contribution in [0.1, 0.15) is 5.01 Å². The third-order valence-electron chi connectivity index (χ3n) is 4.72. The van der Waals surface area contributed by atoms with E-state index in [0.29, 0.717) is 23.7 Å². The van der Waals surface area contributed by atoms with Gasteiger partial charge in [0, 0.05) is 28.9 Å². The van der Waals surface area contributed by atoms with Gasteiger partial charge in [-0.05, 0) is 46.3 Å². The zero-order chi connectivity index (χ0) is 21.8. The molecule has 0 fully saturated rings. The number of carbonyl (C=O) groups is 2. The Balaban J connectivity index is 1.56. The van der Waals surface area contributed by atoms with Crippen molar-refractivity contribution in [3.8, 4) is 17.0 Å². The van der Waals surface area contributed by atoms with E-state index < -0.39 is 0 Å². The van der Waals surface area contributed by atoms with Crippen LogP contribution in [0.3, 0.4) is 0 Å². The SMILES string of the molecule is COCCc1nc(-c2ccc3c(c2)N(CC(=O)Nc2ccccc2Br)C(=O)CO3)cs1. The summed E-state index contributed by atoms with van der Waals surface area (Å²) in [7, 11) is 1.66. The summed E-state index contributed by atoms with van der Waals surface area (Å²) in [5.41, 5.74) is 2.87. The van der Waals surface area contributed by atoms with Gasteiger partial charge < -0.3 is 14.8 Å². The fraction of sp³-hybridized carbons (Fsp3) is 0.227. The molecule has 0 unspecified atom stereocenters. The maximum absolute atomic E-state index is 12.7. The Labute approximate surface area is 192 Å². The molecule has 0 spiro atoms. The number of carbonyl (C=O) groups excluding carboxylic acids is 2. The number of methoxy groups -OCH3 is 1. The molecule has 9 heteroatoms. The highest BCUT2D eigenvalue weighted by atomic mass is 79.9. The Morgan fingerprint density at radius 1 is 1.32 bits per heavy atom. The summed E-state index contributed by atoms with van der Waals surface area (Å²) >= 11 is 4.98. The van der Waals surface area contributed by atoms with Crippen LogP contribution in [0.5, 0.6) is 5.75 Å². The van der Waals surface area contributed by atoms with Crippen molar-refractivity contribution in [2.45, 2.75) is 6.42 Å². The van der Waals surface area contributed by atoms with Crippen LogP contribution in [0, 0.1) is 0 Å². The summed E-state index contributed by atoms with van der Waals surface area (Å²) in [6, 6.07) is 12.9. The Hall–Kier alpha value is -2.75. The number of thiazole rings is 1. The number of anilines is 2. The summed E-state index contributed by atoms with van der Waals surface area (Å²) in [5, 5.41) is 5.79. The van der Waals surface area contributed by atoms with Gasteiger partial charge >= 0.3 is 0 Å². The van der Waals surface area contributed by atoms with Gasteiger partial charge in [0.25, 0.3) is 5.91 Å². The van der Waals surface area contributed by atoms with Crippen molar-refractivity contribution in [1.82, 2.24) is 4.98 Å². The first-order valence-corrected chi connectivity index (χ1v) is 11.3. The standard InChI is InChI=1S/C22H20BrN3O4S/c1-29-9-8-21-25-17(13-31-21)14-6-7-19-18(10-14)26(22(28)12-30-19)11-20(27)24-16-5-3-2-4-15(16)23/h2-7,10,13H,8-9,11-12H2,1H3,(H,24,27). The summed E-state index contributed by atoms with van der Waals surface area (Å²) in [5.74, 6) is -0.00752. The van der Waals surface area contributed by atoms with Crippen molar-refractivity contribution in [2.75, 3.05) is 37.1 Å². The normalized spacial score (nSPS) is 13.0. The van der Waals surface area contributed by atoms with E-state index >= 15 is 0 Å². The molecule has 0 saturated carbocycles. The van der Waals surface area contributed by atoms with Gasteiger partial charge in [0.15, 0.2) is 6.61 Å². The third-order valence-corrected chi connectivity index (χ3v) is 6.32. The molecule has 1 N–H and O–H groups in total. The molecule has 0 aliphatic carbocycles. The molecule has 160 valence electrons. The van der Waals surface area contributed by atoms with Crippen LogP contribution in [-0.4, -0.2) is 43.7 Å². The van der Waals surface area contributed by atoms with E-state index in [0.717, 1.165) is 27.2 Å². The molecule has 2 aromatic carbocycles. The number of hydrogen-bond donors (Lipinski definition) is 1. The molecule has 0 bridgehead atoms. The van der Waals surface area contributed by atoms with Crippen molar-refractivity contribution < 1.29 is 19.1 Å². The predicted octanol–water partition coefficient (Wildman–Crippen LogP) is 4.13. The molecule has 7 nitrogen and oxygen atoms in total. The Morgan fingerprint density at radius 2 is 2.16 bits per heavy atom. The van der Waals surface area contributed by atoms with Crippen LogP contribution in [0.4, 0.5) is 11.4 Å². The van der Waals surface area contributed by atoms with Crippen molar-refractivity contribution in [1.29, 1.82) is 0 Å². The van der Waals surface area contributed by atoms with Crippen LogP contribution < -0.4 is 15.0 Å². The second kappa shape index (κ2) is 9.59. The van der Waals surface area contributed by atoms with E-state index in [2.05, 4.69) is 26.2 Å². The number of amides is 2. The number of rotatable bonds is 7. The molecule has 1 aliphatic heterocycles. The van der Waals surface area contributed by atoms with Crippen LogP contribution in [0.2, 0.25) is 0 Å². The van der Waals surface area contributed by atoms with Gasteiger partial charge in [-0.2, -0.15) is 0 Å². The highest BCUT2D eigenvalue weighted by Gasteiger charge is 2.28. The lowest BCUT2D eigenvalue weighted by molar-refractivity contribution is -0.123. The fourth-order valence-corrected chi connectivity index (χ4v) is 4.35. The van der Waals surface area contributed by atoms with Crippen molar-refractivity contribution in [2.24, 2.45) is 0 Å². The molecular weight excluding hydrogens is 482 g/mol. The number of para-hydroxylation sites is 1. The molecule has 2 amide bonds. The van der Waals surface area contributed by atoms with Crippen LogP contribution in [0.25, 0.3) is 11.3 Å². The number of nitrogens with zero attached hydrogens (tertiary/aromatic N) is 2. The van der Waals surface area contributed by atoms with Gasteiger partial charge in [0.1, 0.15) is 12.3 Å². The highest BCUT2D eigenvalue weighted by Crippen LogP contribution is 2.36. The molecule has 31 heavy (non-hydrogen) atoms. The Bertz CT molecular complexity index is 1120. The zero-order valence-corrected chi connectivity index (χ0v) is 19.2. The minimum absolute atomic E-state index is 0.105. The zero-order valence-electron chi connectivity index (χ0n) is 16.8. The van der Waals surface area contributed by atoms with Crippen molar-refractivity contribution >= 4 is 50.5 Å². The molecule has 0 atom stereocenters. The smallest absolute Gasteiger partial charge is 0.265 e. The number of ether oxygens (including phenoxy) is 2. The lowest BCUT2D eigenvalue weighted by Gasteiger charge is -2.29. The largest absolute Gasteiger partial charge is 0.482 e. The van der Waals surface area contributed by atoms with Crippen molar-refractivity contribution in [3.05, 3.63) is 57.3 Å². The van der Waals surface area contributed by atoms with E-state index in [1.807, 2.05) is 41.8 Å². The number of hydrogen-bond acceptors (Lipinski definition) is 6. The number of benzene rings is 2. The van der Waals surface area contributed by atoms with E-state index in [-0.39, 0.29) is 25.0 Å². The van der Waals surface area contributed by atoms with Gasteiger partial charge in [-0.3, -0.25) is 14.5 Å². The maximum Gasteiger partial charge on any atom is 0.265 e. The van der Waals surface area contributed by atoms with Crippen molar-refractivity contribution in [3.63, 3.8) is 0 Å². The second-order valence-corrected chi connectivity index (χ2v) is 8.65. The molecule has 0 saturated heterocycles. The van der Waals surface area contributed by atoms with Gasteiger partial charge in [-0.25, -0.2) is 4.98 Å². The number of aromatic nitrogens is 1. The van der Waals surface area contributed by atoms with E-state index in [4.69, 9.17) is 9.47 Å².